The smallest absolute Gasteiger partial charge is 0.413 e. The Bertz CT molecular complexity index is 1200. The third-order valence-corrected chi connectivity index (χ3v) is 5.20. The summed E-state index contributed by atoms with van der Waals surface area (Å²) < 4.78 is 27.0. The van der Waals surface area contributed by atoms with E-state index in [0.717, 1.165) is 5.56 Å². The molecule has 1 atom stereocenters. The predicted octanol–water partition coefficient (Wildman–Crippen LogP) is 2.95. The Labute approximate surface area is 171 Å². The molecule has 0 aliphatic carbocycles. The van der Waals surface area contributed by atoms with E-state index in [0.29, 0.717) is 17.8 Å². The number of nitrogen functional groups attached to an aromatic ring is 1. The topological polar surface area (TPSA) is 101 Å². The molecule has 2 heterocycles. The number of anilines is 1. The zero-order chi connectivity index (χ0) is 21.6. The van der Waals surface area contributed by atoms with Gasteiger partial charge in [-0.1, -0.05) is 30.3 Å². The average molecular weight is 410 g/mol. The van der Waals surface area contributed by atoms with Crippen LogP contribution in [0.1, 0.15) is 28.5 Å². The Morgan fingerprint density at radius 1 is 1.20 bits per heavy atom. The molecule has 1 aliphatic heterocycles. The standard InChI is InChI=1S/C22H19FN2O5/c1-3-29-21(28)22(23)20(27)18(26)14-9-10-15-16(19(14)30-22)17(24)12(2)25(15)11-13-7-5-4-6-8-13/h4-10H,3,11,24H2,1-2H3. The molecule has 0 spiro atoms. The van der Waals surface area contributed by atoms with E-state index in [9.17, 15) is 14.4 Å². The van der Waals surface area contributed by atoms with Crippen molar-refractivity contribution in [3.05, 3.63) is 59.3 Å². The number of Topliss-reactive ketones (excluding diaryl/α,β-unsaturated/α-hetero) is 2. The van der Waals surface area contributed by atoms with E-state index in [2.05, 4.69) is 4.74 Å². The highest BCUT2D eigenvalue weighted by Gasteiger charge is 2.58. The van der Waals surface area contributed by atoms with Gasteiger partial charge in [0.2, 0.25) is 5.78 Å². The minimum Gasteiger partial charge on any atom is -0.461 e. The molecule has 2 N–H and O–H groups in total. The van der Waals surface area contributed by atoms with Gasteiger partial charge in [-0.25, -0.2) is 4.79 Å². The summed E-state index contributed by atoms with van der Waals surface area (Å²) in [7, 11) is 0. The summed E-state index contributed by atoms with van der Waals surface area (Å²) in [5.41, 5.74) is 8.68. The molecule has 1 aromatic heterocycles. The van der Waals surface area contributed by atoms with Gasteiger partial charge in [0.25, 0.3) is 5.78 Å². The number of hydrogen-bond donors (Lipinski definition) is 1. The first-order valence-corrected chi connectivity index (χ1v) is 9.39. The number of hydrogen-bond acceptors (Lipinski definition) is 6. The predicted molar refractivity (Wildman–Crippen MR) is 107 cm³/mol. The van der Waals surface area contributed by atoms with E-state index in [1.165, 1.54) is 13.0 Å². The molecule has 0 fully saturated rings. The average Bonchev–Trinajstić information content (AvgIpc) is 2.98. The molecule has 1 aliphatic rings. The Hall–Kier alpha value is -3.68. The molecule has 3 aromatic rings. The number of ether oxygens (including phenoxy) is 2. The second kappa shape index (κ2) is 6.98. The van der Waals surface area contributed by atoms with Crippen LogP contribution >= 0.6 is 0 Å². The number of nitrogens with two attached hydrogens (primary N) is 1. The molecule has 154 valence electrons. The summed E-state index contributed by atoms with van der Waals surface area (Å²) in [6.45, 7) is 3.54. The van der Waals surface area contributed by atoms with Crippen molar-refractivity contribution in [2.45, 2.75) is 26.2 Å². The lowest BCUT2D eigenvalue weighted by molar-refractivity contribution is -0.183. The van der Waals surface area contributed by atoms with Gasteiger partial charge in [0.15, 0.2) is 0 Å². The van der Waals surface area contributed by atoms with Crippen LogP contribution in [0.4, 0.5) is 10.1 Å². The second-order valence-corrected chi connectivity index (χ2v) is 6.98. The van der Waals surface area contributed by atoms with Gasteiger partial charge < -0.3 is 19.8 Å². The summed E-state index contributed by atoms with van der Waals surface area (Å²) in [6, 6.07) is 12.6. The van der Waals surface area contributed by atoms with E-state index >= 15 is 4.39 Å². The number of esters is 1. The van der Waals surface area contributed by atoms with Gasteiger partial charge in [-0.2, -0.15) is 4.39 Å². The van der Waals surface area contributed by atoms with Gasteiger partial charge >= 0.3 is 11.8 Å². The van der Waals surface area contributed by atoms with E-state index in [4.69, 9.17) is 10.5 Å². The summed E-state index contributed by atoms with van der Waals surface area (Å²) >= 11 is 0. The zero-order valence-corrected chi connectivity index (χ0v) is 16.4. The third-order valence-electron chi connectivity index (χ3n) is 5.20. The van der Waals surface area contributed by atoms with Crippen LogP contribution in [0.3, 0.4) is 0 Å². The lowest BCUT2D eigenvalue weighted by Crippen LogP contribution is -2.54. The molecule has 1 unspecified atom stereocenters. The van der Waals surface area contributed by atoms with Crippen molar-refractivity contribution in [1.29, 1.82) is 0 Å². The van der Waals surface area contributed by atoms with E-state index in [1.807, 2.05) is 34.9 Å². The Morgan fingerprint density at radius 2 is 1.90 bits per heavy atom. The minimum atomic E-state index is -3.55. The summed E-state index contributed by atoms with van der Waals surface area (Å²) in [6.07, 6.45) is 0. The molecule has 0 saturated heterocycles. The fourth-order valence-corrected chi connectivity index (χ4v) is 3.63. The van der Waals surface area contributed by atoms with Crippen molar-refractivity contribution >= 4 is 34.1 Å². The third kappa shape index (κ3) is 2.75. The van der Waals surface area contributed by atoms with Gasteiger partial charge in [-0.15, -0.1) is 0 Å². The van der Waals surface area contributed by atoms with Crippen LogP contribution in [-0.4, -0.2) is 34.6 Å². The number of aromatic nitrogens is 1. The molecule has 8 heteroatoms. The van der Waals surface area contributed by atoms with Crippen LogP contribution in [0.25, 0.3) is 10.9 Å². The van der Waals surface area contributed by atoms with Crippen LogP contribution in [0.5, 0.6) is 5.75 Å². The number of nitrogens with zero attached hydrogens (tertiary/aromatic N) is 1. The Kier molecular flexibility index (Phi) is 4.57. The van der Waals surface area contributed by atoms with Crippen molar-refractivity contribution in [1.82, 2.24) is 4.57 Å². The molecule has 2 aromatic carbocycles. The Morgan fingerprint density at radius 3 is 2.57 bits per heavy atom. The molecule has 30 heavy (non-hydrogen) atoms. The van der Waals surface area contributed by atoms with Gasteiger partial charge in [0, 0.05) is 12.2 Å². The highest BCUT2D eigenvalue weighted by molar-refractivity contribution is 6.51. The van der Waals surface area contributed by atoms with Crippen molar-refractivity contribution in [3.63, 3.8) is 0 Å². The van der Waals surface area contributed by atoms with Crippen molar-refractivity contribution in [3.8, 4) is 5.75 Å². The van der Waals surface area contributed by atoms with Gasteiger partial charge in [-0.3, -0.25) is 9.59 Å². The lowest BCUT2D eigenvalue weighted by atomic mass is 9.95. The summed E-state index contributed by atoms with van der Waals surface area (Å²) in [4.78, 5) is 36.9. The van der Waals surface area contributed by atoms with Crippen LogP contribution in [-0.2, 0) is 20.9 Å². The van der Waals surface area contributed by atoms with Crippen LogP contribution in [0.2, 0.25) is 0 Å². The molecule has 0 bridgehead atoms. The molecule has 0 saturated carbocycles. The molecule has 4 rings (SSSR count). The number of ketones is 2. The van der Waals surface area contributed by atoms with Gasteiger partial charge in [0.1, 0.15) is 5.75 Å². The maximum atomic E-state index is 15.3. The van der Waals surface area contributed by atoms with Crippen LogP contribution in [0, 0.1) is 6.92 Å². The number of carbonyl (C=O) groups excluding carboxylic acids is 3. The minimum absolute atomic E-state index is 0.145. The normalized spacial score (nSPS) is 18.2. The fraction of sp³-hybridized carbons (Fsp3) is 0.227. The quantitative estimate of drug-likeness (QED) is 0.403. The first-order chi connectivity index (χ1) is 14.3. The van der Waals surface area contributed by atoms with Crippen molar-refractivity contribution in [2.24, 2.45) is 0 Å². The number of fused-ring (bicyclic) bond motifs is 3. The number of alkyl halides is 1. The highest BCUT2D eigenvalue weighted by atomic mass is 19.2. The highest BCUT2D eigenvalue weighted by Crippen LogP contribution is 2.43. The zero-order valence-electron chi connectivity index (χ0n) is 16.4. The molecular formula is C22H19FN2O5. The van der Waals surface area contributed by atoms with E-state index in [-0.39, 0.29) is 29.0 Å². The van der Waals surface area contributed by atoms with Crippen molar-refractivity contribution < 1.29 is 28.2 Å². The van der Waals surface area contributed by atoms with Crippen LogP contribution in [0.15, 0.2) is 42.5 Å². The molecule has 0 radical (unpaired) electrons. The van der Waals surface area contributed by atoms with Gasteiger partial charge in [0.05, 0.1) is 28.8 Å². The summed E-state index contributed by atoms with van der Waals surface area (Å²) in [5, 5.41) is 0.271. The van der Waals surface area contributed by atoms with Crippen molar-refractivity contribution in [2.75, 3.05) is 12.3 Å². The monoisotopic (exact) mass is 410 g/mol. The molecular weight excluding hydrogens is 391 g/mol. The fourth-order valence-electron chi connectivity index (χ4n) is 3.63. The summed E-state index contributed by atoms with van der Waals surface area (Å²) in [5.74, 6) is -8.13. The maximum Gasteiger partial charge on any atom is 0.413 e. The first kappa shape index (κ1) is 19.6. The van der Waals surface area contributed by atoms with Crippen LogP contribution < -0.4 is 10.5 Å². The van der Waals surface area contributed by atoms with Gasteiger partial charge in [-0.05, 0) is 31.5 Å². The number of benzene rings is 2. The maximum absolute atomic E-state index is 15.3. The SMILES string of the molecule is CCOC(=O)C1(F)Oc2c(ccc3c2c(N)c(C)n3Cc2ccccc2)C(=O)C1=O. The van der Waals surface area contributed by atoms with E-state index < -0.39 is 23.4 Å². The number of rotatable bonds is 4. The van der Waals surface area contributed by atoms with E-state index in [1.54, 1.807) is 13.0 Å². The molecule has 7 nitrogen and oxygen atoms in total. The molecule has 0 amide bonds. The lowest BCUT2D eigenvalue weighted by Gasteiger charge is -2.28. The second-order valence-electron chi connectivity index (χ2n) is 6.98. The number of carbonyl (C=O) groups is 3. The largest absolute Gasteiger partial charge is 0.461 e. The Balaban J connectivity index is 1.91. The number of halogens is 1. The first-order valence-electron chi connectivity index (χ1n) is 9.39.